The van der Waals surface area contributed by atoms with Gasteiger partial charge in [-0.25, -0.2) is 4.98 Å². The van der Waals surface area contributed by atoms with Crippen molar-refractivity contribution < 1.29 is 4.79 Å². The van der Waals surface area contributed by atoms with Crippen LogP contribution in [0.5, 0.6) is 0 Å². The third-order valence-electron chi connectivity index (χ3n) is 5.60. The Kier molecular flexibility index (Phi) is 4.48. The monoisotopic (exact) mass is 356 g/mol. The third kappa shape index (κ3) is 3.16. The smallest absolute Gasteiger partial charge is 0.263 e. The lowest BCUT2D eigenvalue weighted by molar-refractivity contribution is 0.0218. The van der Waals surface area contributed by atoms with Crippen molar-refractivity contribution in [3.63, 3.8) is 0 Å². The van der Waals surface area contributed by atoms with E-state index in [0.717, 1.165) is 16.3 Å². The summed E-state index contributed by atoms with van der Waals surface area (Å²) in [6, 6.07) is 8.77. The summed E-state index contributed by atoms with van der Waals surface area (Å²) in [5.41, 5.74) is 2.08. The van der Waals surface area contributed by atoms with E-state index in [2.05, 4.69) is 33.5 Å². The number of anilines is 1. The van der Waals surface area contributed by atoms with Crippen LogP contribution in [-0.4, -0.2) is 48.0 Å². The van der Waals surface area contributed by atoms with Crippen molar-refractivity contribution >= 4 is 22.9 Å². The summed E-state index contributed by atoms with van der Waals surface area (Å²) < 4.78 is 0. The number of piperidine rings is 3. The summed E-state index contributed by atoms with van der Waals surface area (Å²) in [6.07, 6.45) is 4.09. The fourth-order valence-corrected chi connectivity index (χ4v) is 4.90. The molecule has 1 aromatic carbocycles. The lowest BCUT2D eigenvalue weighted by Crippen LogP contribution is -2.62. The molecule has 6 heteroatoms. The highest BCUT2D eigenvalue weighted by Crippen LogP contribution is 2.33. The first kappa shape index (κ1) is 16.5. The van der Waals surface area contributed by atoms with Crippen LogP contribution in [0.3, 0.4) is 0 Å². The van der Waals surface area contributed by atoms with Gasteiger partial charge in [0.2, 0.25) is 0 Å². The first-order chi connectivity index (χ1) is 12.2. The number of carbonyl (C=O) groups is 1. The highest BCUT2D eigenvalue weighted by atomic mass is 32.1. The second kappa shape index (κ2) is 6.77. The van der Waals surface area contributed by atoms with Crippen molar-refractivity contribution in [2.75, 3.05) is 25.5 Å². The van der Waals surface area contributed by atoms with Gasteiger partial charge in [-0.15, -0.1) is 11.3 Å². The van der Waals surface area contributed by atoms with E-state index in [1.54, 1.807) is 6.20 Å². The van der Waals surface area contributed by atoms with Crippen molar-refractivity contribution in [1.29, 1.82) is 0 Å². The lowest BCUT2D eigenvalue weighted by atomic mass is 9.79. The van der Waals surface area contributed by atoms with Gasteiger partial charge in [0.25, 0.3) is 5.91 Å². The number of fused-ring (bicyclic) bond motifs is 3. The molecule has 4 heterocycles. The maximum absolute atomic E-state index is 12.7. The average molecular weight is 356 g/mol. The third-order valence-corrected chi connectivity index (χ3v) is 6.65. The van der Waals surface area contributed by atoms with E-state index >= 15 is 0 Å². The number of thiazole rings is 1. The highest BCUT2D eigenvalue weighted by Gasteiger charge is 2.40. The number of carbonyl (C=O) groups excluding carboxylic acids is 1. The Hall–Kier alpha value is -1.92. The van der Waals surface area contributed by atoms with Crippen molar-refractivity contribution in [2.24, 2.45) is 5.92 Å². The van der Waals surface area contributed by atoms with E-state index < -0.39 is 0 Å². The molecule has 132 valence electrons. The van der Waals surface area contributed by atoms with E-state index in [0.29, 0.717) is 16.8 Å². The lowest BCUT2D eigenvalue weighted by Gasteiger charge is -2.49. The second-order valence-electron chi connectivity index (χ2n) is 6.97. The molecule has 2 N–H and O–H groups in total. The average Bonchev–Trinajstić information content (AvgIpc) is 3.15. The number of hydrogen-bond acceptors (Lipinski definition) is 5. The second-order valence-corrected chi connectivity index (χ2v) is 8.00. The number of nitrogens with zero attached hydrogens (tertiary/aromatic N) is 2. The van der Waals surface area contributed by atoms with Crippen molar-refractivity contribution in [1.82, 2.24) is 15.2 Å². The summed E-state index contributed by atoms with van der Waals surface area (Å²) >= 11 is 1.46. The van der Waals surface area contributed by atoms with Gasteiger partial charge >= 0.3 is 0 Å². The van der Waals surface area contributed by atoms with Crippen molar-refractivity contribution in [3.8, 4) is 10.6 Å². The van der Waals surface area contributed by atoms with E-state index in [-0.39, 0.29) is 11.9 Å². The predicted octanol–water partition coefficient (Wildman–Crippen LogP) is 3.06. The van der Waals surface area contributed by atoms with Gasteiger partial charge in [-0.3, -0.25) is 9.69 Å². The van der Waals surface area contributed by atoms with Gasteiger partial charge < -0.3 is 10.6 Å². The maximum Gasteiger partial charge on any atom is 0.263 e. The van der Waals surface area contributed by atoms with Gasteiger partial charge in [0.1, 0.15) is 9.88 Å². The van der Waals surface area contributed by atoms with Gasteiger partial charge in [-0.2, -0.15) is 0 Å². The van der Waals surface area contributed by atoms with Crippen LogP contribution in [0.2, 0.25) is 0 Å². The summed E-state index contributed by atoms with van der Waals surface area (Å²) in [5.74, 6) is 0.628. The molecule has 5 nitrogen and oxygen atoms in total. The molecular weight excluding hydrogens is 332 g/mol. The molecule has 2 bridgehead atoms. The summed E-state index contributed by atoms with van der Waals surface area (Å²) in [6.45, 7) is 4.58. The number of hydrogen-bond donors (Lipinski definition) is 2. The normalized spacial score (nSPS) is 27.9. The minimum absolute atomic E-state index is 0.0131. The molecule has 5 rings (SSSR count). The Morgan fingerprint density at radius 3 is 2.84 bits per heavy atom. The van der Waals surface area contributed by atoms with E-state index in [1.807, 2.05) is 25.2 Å². The fraction of sp³-hybridized carbons (Fsp3) is 0.474. The van der Waals surface area contributed by atoms with E-state index in [9.17, 15) is 4.79 Å². The maximum atomic E-state index is 12.7. The Morgan fingerprint density at radius 2 is 2.12 bits per heavy atom. The topological polar surface area (TPSA) is 57.3 Å². The number of aromatic nitrogens is 1. The zero-order valence-electron chi connectivity index (χ0n) is 14.7. The van der Waals surface area contributed by atoms with Crippen LogP contribution in [0.1, 0.15) is 29.4 Å². The Bertz CT molecular complexity index is 764. The first-order valence-corrected chi connectivity index (χ1v) is 9.76. The van der Waals surface area contributed by atoms with Gasteiger partial charge in [-0.1, -0.05) is 12.1 Å². The van der Waals surface area contributed by atoms with Gasteiger partial charge in [0.15, 0.2) is 0 Å². The van der Waals surface area contributed by atoms with E-state index in [1.165, 1.54) is 37.3 Å². The molecule has 0 spiro atoms. The largest absolute Gasteiger partial charge is 0.388 e. The molecule has 25 heavy (non-hydrogen) atoms. The van der Waals surface area contributed by atoms with Crippen LogP contribution in [0.15, 0.2) is 30.5 Å². The minimum Gasteiger partial charge on any atom is -0.388 e. The molecule has 1 aromatic heterocycles. The molecule has 0 radical (unpaired) electrons. The summed E-state index contributed by atoms with van der Waals surface area (Å²) in [4.78, 5) is 20.4. The Morgan fingerprint density at radius 1 is 1.32 bits per heavy atom. The van der Waals surface area contributed by atoms with Crippen LogP contribution >= 0.6 is 11.3 Å². The highest BCUT2D eigenvalue weighted by molar-refractivity contribution is 7.16. The number of rotatable bonds is 4. The SMILES string of the molecule is CNc1cccc(-c2ncc(C(=O)NC3C4CCN(CC4)C3C)s2)c1. The molecule has 2 aromatic rings. The van der Waals surface area contributed by atoms with Crippen LogP contribution in [0.25, 0.3) is 10.6 Å². The molecule has 1 amide bonds. The Labute approximate surface area is 152 Å². The standard InChI is InChI=1S/C19H24N4OS/c1-12-17(13-6-8-23(12)9-7-13)22-18(24)16-11-21-19(25-16)14-4-3-5-15(10-14)20-2/h3-5,10-13,17,20H,6-9H2,1-2H3,(H,22,24). The zero-order chi connectivity index (χ0) is 17.4. The molecule has 2 atom stereocenters. The molecule has 3 aliphatic rings. The van der Waals surface area contributed by atoms with Crippen LogP contribution < -0.4 is 10.6 Å². The molecule has 3 aliphatic heterocycles. The van der Waals surface area contributed by atoms with E-state index in [4.69, 9.17) is 0 Å². The quantitative estimate of drug-likeness (QED) is 0.884. The molecule has 0 saturated carbocycles. The van der Waals surface area contributed by atoms with Crippen LogP contribution in [0, 0.1) is 5.92 Å². The number of amides is 1. The molecule has 2 unspecified atom stereocenters. The summed E-state index contributed by atoms with van der Waals surface area (Å²) in [5, 5.41) is 7.29. The van der Waals surface area contributed by atoms with Crippen LogP contribution in [-0.2, 0) is 0 Å². The first-order valence-electron chi connectivity index (χ1n) is 8.94. The Balaban J connectivity index is 1.49. The number of benzene rings is 1. The van der Waals surface area contributed by atoms with Gasteiger partial charge in [0.05, 0.1) is 6.20 Å². The number of nitrogens with one attached hydrogen (secondary N) is 2. The summed E-state index contributed by atoms with van der Waals surface area (Å²) in [7, 11) is 1.90. The van der Waals surface area contributed by atoms with Crippen LogP contribution in [0.4, 0.5) is 5.69 Å². The molecular formula is C19H24N4OS. The molecule has 0 aliphatic carbocycles. The van der Waals surface area contributed by atoms with Crippen molar-refractivity contribution in [2.45, 2.75) is 31.8 Å². The predicted molar refractivity (Wildman–Crippen MR) is 102 cm³/mol. The fourth-order valence-electron chi connectivity index (χ4n) is 4.09. The van der Waals surface area contributed by atoms with Gasteiger partial charge in [0, 0.05) is 30.4 Å². The van der Waals surface area contributed by atoms with Gasteiger partial charge in [-0.05, 0) is 50.9 Å². The van der Waals surface area contributed by atoms with Crippen molar-refractivity contribution in [3.05, 3.63) is 35.3 Å². The molecule has 3 fully saturated rings. The minimum atomic E-state index is 0.0131. The molecule has 3 saturated heterocycles. The zero-order valence-corrected chi connectivity index (χ0v) is 15.5.